The minimum atomic E-state index is -1.01. The summed E-state index contributed by atoms with van der Waals surface area (Å²) in [7, 11) is 0. The van der Waals surface area contributed by atoms with Crippen molar-refractivity contribution in [1.82, 2.24) is 5.32 Å². The molecule has 0 aromatic heterocycles. The fourth-order valence-corrected chi connectivity index (χ4v) is 2.20. The third-order valence-electron chi connectivity index (χ3n) is 3.17. The van der Waals surface area contributed by atoms with Crippen molar-refractivity contribution >= 4 is 17.8 Å². The minimum Gasteiger partial charge on any atom is -0.481 e. The molecule has 6 N–H and O–H groups in total. The van der Waals surface area contributed by atoms with Crippen molar-refractivity contribution in [3.8, 4) is 0 Å². The van der Waals surface area contributed by atoms with E-state index in [1.807, 2.05) is 0 Å². The van der Waals surface area contributed by atoms with E-state index in [0.29, 0.717) is 12.8 Å². The third kappa shape index (κ3) is 3.99. The Hall–Kier alpha value is -1.63. The smallest absolute Gasteiger partial charge is 0.308 e. The largest absolute Gasteiger partial charge is 0.481 e. The SMILES string of the molecule is NC(=O)CC(N)C(=O)NC1CCCCC1C(=O)O. The molecule has 1 saturated carbocycles. The van der Waals surface area contributed by atoms with Crippen molar-refractivity contribution in [2.45, 2.75) is 44.2 Å². The van der Waals surface area contributed by atoms with E-state index in [1.54, 1.807) is 0 Å². The Morgan fingerprint density at radius 3 is 2.44 bits per heavy atom. The van der Waals surface area contributed by atoms with Crippen LogP contribution in [0.25, 0.3) is 0 Å². The van der Waals surface area contributed by atoms with Gasteiger partial charge in [-0.15, -0.1) is 0 Å². The third-order valence-corrected chi connectivity index (χ3v) is 3.17. The Labute approximate surface area is 105 Å². The molecule has 1 aliphatic carbocycles. The summed E-state index contributed by atoms with van der Waals surface area (Å²) < 4.78 is 0. The van der Waals surface area contributed by atoms with Gasteiger partial charge in [0.2, 0.25) is 11.8 Å². The molecular weight excluding hydrogens is 238 g/mol. The maximum Gasteiger partial charge on any atom is 0.308 e. The van der Waals surface area contributed by atoms with Gasteiger partial charge in [0.05, 0.1) is 18.4 Å². The van der Waals surface area contributed by atoms with E-state index in [9.17, 15) is 14.4 Å². The first-order valence-electron chi connectivity index (χ1n) is 5.99. The number of carbonyl (C=O) groups is 3. The molecule has 0 bridgehead atoms. The van der Waals surface area contributed by atoms with Crippen molar-refractivity contribution < 1.29 is 19.5 Å². The van der Waals surface area contributed by atoms with Gasteiger partial charge >= 0.3 is 5.97 Å². The van der Waals surface area contributed by atoms with Gasteiger partial charge in [0.1, 0.15) is 0 Å². The standard InChI is InChI=1S/C11H19N3O4/c12-7(5-9(13)15)10(16)14-8-4-2-1-3-6(8)11(17)18/h6-8H,1-5,12H2,(H2,13,15)(H,14,16)(H,17,18). The highest BCUT2D eigenvalue weighted by atomic mass is 16.4. The zero-order valence-corrected chi connectivity index (χ0v) is 10.1. The predicted octanol–water partition coefficient (Wildman–Crippen LogP) is -1.05. The van der Waals surface area contributed by atoms with Crippen molar-refractivity contribution in [3.05, 3.63) is 0 Å². The van der Waals surface area contributed by atoms with Crippen LogP contribution in [0.15, 0.2) is 0 Å². The lowest BCUT2D eigenvalue weighted by Crippen LogP contribution is -2.51. The topological polar surface area (TPSA) is 136 Å². The zero-order valence-electron chi connectivity index (χ0n) is 10.1. The van der Waals surface area contributed by atoms with E-state index in [4.69, 9.17) is 16.6 Å². The number of carboxylic acids is 1. The second-order valence-corrected chi connectivity index (χ2v) is 4.62. The Bertz CT molecular complexity index is 345. The lowest BCUT2D eigenvalue weighted by atomic mass is 9.84. The van der Waals surface area contributed by atoms with Gasteiger partial charge in [-0.05, 0) is 12.8 Å². The van der Waals surface area contributed by atoms with Gasteiger partial charge in [-0.3, -0.25) is 14.4 Å². The summed E-state index contributed by atoms with van der Waals surface area (Å²) in [6.45, 7) is 0. The molecule has 18 heavy (non-hydrogen) atoms. The van der Waals surface area contributed by atoms with Gasteiger partial charge in [0, 0.05) is 6.04 Å². The number of hydrogen-bond donors (Lipinski definition) is 4. The molecule has 102 valence electrons. The van der Waals surface area contributed by atoms with Crippen LogP contribution in [0.1, 0.15) is 32.1 Å². The monoisotopic (exact) mass is 257 g/mol. The molecule has 0 aromatic carbocycles. The number of hydrogen-bond acceptors (Lipinski definition) is 4. The molecule has 1 fully saturated rings. The molecule has 0 heterocycles. The van der Waals surface area contributed by atoms with E-state index >= 15 is 0 Å². The van der Waals surface area contributed by atoms with Gasteiger partial charge in [0.25, 0.3) is 0 Å². The van der Waals surface area contributed by atoms with Crippen LogP contribution in [-0.2, 0) is 14.4 Å². The van der Waals surface area contributed by atoms with Gasteiger partial charge in [-0.2, -0.15) is 0 Å². The van der Waals surface area contributed by atoms with Crippen LogP contribution >= 0.6 is 0 Å². The zero-order chi connectivity index (χ0) is 13.7. The average Bonchev–Trinajstić information content (AvgIpc) is 2.28. The van der Waals surface area contributed by atoms with Crippen LogP contribution in [0.3, 0.4) is 0 Å². The maximum atomic E-state index is 11.7. The van der Waals surface area contributed by atoms with Crippen molar-refractivity contribution in [3.63, 3.8) is 0 Å². The van der Waals surface area contributed by atoms with E-state index in [0.717, 1.165) is 12.8 Å². The minimum absolute atomic E-state index is 0.240. The normalized spacial score (nSPS) is 25.2. The highest BCUT2D eigenvalue weighted by molar-refractivity contribution is 5.88. The number of nitrogens with two attached hydrogens (primary N) is 2. The van der Waals surface area contributed by atoms with E-state index in [2.05, 4.69) is 5.32 Å². The number of aliphatic carboxylic acids is 1. The molecular formula is C11H19N3O4. The molecule has 0 spiro atoms. The highest BCUT2D eigenvalue weighted by Gasteiger charge is 2.32. The summed E-state index contributed by atoms with van der Waals surface area (Å²) in [4.78, 5) is 33.4. The Morgan fingerprint density at radius 1 is 1.28 bits per heavy atom. The second kappa shape index (κ2) is 6.34. The maximum absolute atomic E-state index is 11.7. The van der Waals surface area contributed by atoms with Gasteiger partial charge in [-0.1, -0.05) is 12.8 Å². The van der Waals surface area contributed by atoms with E-state index in [1.165, 1.54) is 0 Å². The fraction of sp³-hybridized carbons (Fsp3) is 0.727. The van der Waals surface area contributed by atoms with Crippen molar-refractivity contribution in [2.75, 3.05) is 0 Å². The predicted molar refractivity (Wildman–Crippen MR) is 63.3 cm³/mol. The number of primary amides is 1. The highest BCUT2D eigenvalue weighted by Crippen LogP contribution is 2.24. The summed E-state index contributed by atoms with van der Waals surface area (Å²) in [5.41, 5.74) is 10.4. The molecule has 0 saturated heterocycles. The molecule has 7 nitrogen and oxygen atoms in total. The van der Waals surface area contributed by atoms with E-state index < -0.39 is 35.8 Å². The van der Waals surface area contributed by atoms with Gasteiger partial charge in [-0.25, -0.2) is 0 Å². The van der Waals surface area contributed by atoms with Gasteiger partial charge < -0.3 is 21.9 Å². The lowest BCUT2D eigenvalue weighted by molar-refractivity contribution is -0.144. The van der Waals surface area contributed by atoms with Crippen LogP contribution in [0.5, 0.6) is 0 Å². The number of nitrogens with one attached hydrogen (secondary N) is 1. The van der Waals surface area contributed by atoms with Crippen LogP contribution in [0.2, 0.25) is 0 Å². The number of rotatable bonds is 5. The Morgan fingerprint density at radius 2 is 1.89 bits per heavy atom. The second-order valence-electron chi connectivity index (χ2n) is 4.62. The van der Waals surface area contributed by atoms with Crippen molar-refractivity contribution in [1.29, 1.82) is 0 Å². The first kappa shape index (κ1) is 14.4. The summed E-state index contributed by atoms with van der Waals surface area (Å²) in [5.74, 6) is -2.67. The molecule has 3 unspecified atom stereocenters. The van der Waals surface area contributed by atoms with Crippen LogP contribution in [0, 0.1) is 5.92 Å². The molecule has 7 heteroatoms. The molecule has 0 radical (unpaired) electrons. The molecule has 0 aromatic rings. The first-order chi connectivity index (χ1) is 8.41. The molecule has 2 amide bonds. The quantitative estimate of drug-likeness (QED) is 0.498. The van der Waals surface area contributed by atoms with Crippen molar-refractivity contribution in [2.24, 2.45) is 17.4 Å². The fourth-order valence-electron chi connectivity index (χ4n) is 2.20. The van der Waals surface area contributed by atoms with Crippen LogP contribution in [0.4, 0.5) is 0 Å². The average molecular weight is 257 g/mol. The summed E-state index contributed by atoms with van der Waals surface area (Å²) in [5, 5.41) is 11.7. The first-order valence-corrected chi connectivity index (χ1v) is 5.99. The van der Waals surface area contributed by atoms with Crippen LogP contribution < -0.4 is 16.8 Å². The van der Waals surface area contributed by atoms with Gasteiger partial charge in [0.15, 0.2) is 0 Å². The summed E-state index contributed by atoms with van der Waals surface area (Å²) in [6.07, 6.45) is 2.64. The molecule has 3 atom stereocenters. The summed E-state index contributed by atoms with van der Waals surface area (Å²) in [6, 6.07) is -1.43. The number of carboxylic acid groups (broad SMARTS) is 1. The number of carbonyl (C=O) groups excluding carboxylic acids is 2. The lowest BCUT2D eigenvalue weighted by Gasteiger charge is -2.30. The van der Waals surface area contributed by atoms with E-state index in [-0.39, 0.29) is 6.42 Å². The molecule has 0 aliphatic heterocycles. The molecule has 1 aliphatic rings. The Balaban J connectivity index is 2.55. The van der Waals surface area contributed by atoms with Crippen LogP contribution in [-0.4, -0.2) is 35.0 Å². The number of amides is 2. The Kier molecular flexibility index (Phi) is 5.08. The molecule has 1 rings (SSSR count). The summed E-state index contributed by atoms with van der Waals surface area (Å²) >= 11 is 0.